The maximum atomic E-state index is 12.1. The summed E-state index contributed by atoms with van der Waals surface area (Å²) in [5.41, 5.74) is 4.42. The summed E-state index contributed by atoms with van der Waals surface area (Å²) >= 11 is 1.35. The van der Waals surface area contributed by atoms with Crippen LogP contribution in [0.25, 0.3) is 10.9 Å². The van der Waals surface area contributed by atoms with E-state index in [1.165, 1.54) is 17.3 Å². The molecule has 0 spiro atoms. The number of benzene rings is 1. The number of nitrogens with one attached hydrogen (secondary N) is 2. The van der Waals surface area contributed by atoms with E-state index in [-0.39, 0.29) is 5.91 Å². The van der Waals surface area contributed by atoms with Crippen molar-refractivity contribution in [2.24, 2.45) is 0 Å². The van der Waals surface area contributed by atoms with Crippen molar-refractivity contribution >= 4 is 34.6 Å². The van der Waals surface area contributed by atoms with Gasteiger partial charge in [-0.05, 0) is 57.9 Å². The van der Waals surface area contributed by atoms with Crippen LogP contribution in [0.1, 0.15) is 30.5 Å². The maximum Gasteiger partial charge on any atom is 0.321 e. The lowest BCUT2D eigenvalue weighted by molar-refractivity contribution is -0.119. The van der Waals surface area contributed by atoms with E-state index < -0.39 is 11.3 Å². The second kappa shape index (κ2) is 7.66. The number of imide groups is 1. The smallest absolute Gasteiger partial charge is 0.321 e. The first-order valence-corrected chi connectivity index (χ1v) is 8.83. The Hall–Kier alpha value is -2.08. The second-order valence-electron chi connectivity index (χ2n) is 5.86. The molecule has 128 valence electrons. The molecule has 1 heterocycles. The third-order valence-electron chi connectivity index (χ3n) is 3.67. The lowest BCUT2D eigenvalue weighted by atomic mass is 10.0. The van der Waals surface area contributed by atoms with Crippen LogP contribution in [0.4, 0.5) is 4.79 Å². The monoisotopic (exact) mass is 345 g/mol. The molecule has 0 bridgehead atoms. The van der Waals surface area contributed by atoms with Crippen molar-refractivity contribution in [3.05, 3.63) is 34.9 Å². The zero-order chi connectivity index (χ0) is 17.9. The number of thioether (sulfide) groups is 1. The van der Waals surface area contributed by atoms with Gasteiger partial charge < -0.3 is 5.32 Å². The van der Waals surface area contributed by atoms with Crippen LogP contribution in [0.2, 0.25) is 0 Å². The number of urea groups is 1. The molecule has 0 fully saturated rings. The number of fused-ring (bicyclic) bond motifs is 1. The molecule has 3 amide bonds. The van der Waals surface area contributed by atoms with E-state index in [0.29, 0.717) is 6.54 Å². The fraction of sp³-hybridized carbons (Fsp3) is 0.389. The highest BCUT2D eigenvalue weighted by Gasteiger charge is 2.18. The van der Waals surface area contributed by atoms with Gasteiger partial charge in [0.2, 0.25) is 5.91 Å². The molecule has 2 aromatic rings. The lowest BCUT2D eigenvalue weighted by Gasteiger charge is -2.13. The second-order valence-corrected chi connectivity index (χ2v) is 7.23. The topological polar surface area (TPSA) is 71.1 Å². The van der Waals surface area contributed by atoms with Crippen LogP contribution in [-0.2, 0) is 4.79 Å². The predicted molar refractivity (Wildman–Crippen MR) is 98.5 cm³/mol. The number of amides is 3. The number of aryl methyl sites for hydroxylation is 3. The van der Waals surface area contributed by atoms with Gasteiger partial charge in [0.25, 0.3) is 0 Å². The van der Waals surface area contributed by atoms with Gasteiger partial charge >= 0.3 is 6.03 Å². The van der Waals surface area contributed by atoms with E-state index in [1.807, 2.05) is 19.9 Å². The standard InChI is InChI=1S/C18H23N3O2S/c1-6-19-18(23)21-17(22)13(5)24-15-9-11(3)14-8-10(2)7-12(4)16(14)20-15/h7-9,13H,6H2,1-5H3,(H2,19,21,22,23). The Labute approximate surface area is 146 Å². The average molecular weight is 345 g/mol. The summed E-state index contributed by atoms with van der Waals surface area (Å²) < 4.78 is 0. The number of hydrogen-bond donors (Lipinski definition) is 2. The molecule has 1 unspecified atom stereocenters. The van der Waals surface area contributed by atoms with Gasteiger partial charge in [-0.3, -0.25) is 10.1 Å². The van der Waals surface area contributed by atoms with Gasteiger partial charge in [-0.15, -0.1) is 0 Å². The largest absolute Gasteiger partial charge is 0.338 e. The van der Waals surface area contributed by atoms with Crippen molar-refractivity contribution in [3.8, 4) is 0 Å². The van der Waals surface area contributed by atoms with Crippen LogP contribution in [0.15, 0.2) is 23.2 Å². The molecule has 0 aliphatic rings. The highest BCUT2D eigenvalue weighted by molar-refractivity contribution is 8.00. The molecule has 0 saturated heterocycles. The molecule has 1 aromatic heterocycles. The normalized spacial score (nSPS) is 12.0. The van der Waals surface area contributed by atoms with Crippen molar-refractivity contribution < 1.29 is 9.59 Å². The van der Waals surface area contributed by atoms with Gasteiger partial charge in [0, 0.05) is 11.9 Å². The first-order valence-electron chi connectivity index (χ1n) is 7.95. The minimum Gasteiger partial charge on any atom is -0.338 e. The maximum absolute atomic E-state index is 12.1. The van der Waals surface area contributed by atoms with Gasteiger partial charge in [0.05, 0.1) is 15.8 Å². The average Bonchev–Trinajstić information content (AvgIpc) is 2.48. The van der Waals surface area contributed by atoms with Crippen LogP contribution in [-0.4, -0.2) is 28.7 Å². The number of aromatic nitrogens is 1. The SMILES string of the molecule is CCNC(=O)NC(=O)C(C)Sc1cc(C)c2cc(C)cc(C)c2n1. The summed E-state index contributed by atoms with van der Waals surface area (Å²) in [4.78, 5) is 28.2. The Morgan fingerprint density at radius 3 is 2.54 bits per heavy atom. The molecule has 0 saturated carbocycles. The van der Waals surface area contributed by atoms with E-state index in [1.54, 1.807) is 13.8 Å². The molecule has 5 nitrogen and oxygen atoms in total. The summed E-state index contributed by atoms with van der Waals surface area (Å²) in [6.45, 7) is 10.2. The van der Waals surface area contributed by atoms with Gasteiger partial charge in [-0.2, -0.15) is 0 Å². The fourth-order valence-electron chi connectivity index (χ4n) is 2.53. The molecule has 2 rings (SSSR count). The molecular weight excluding hydrogens is 322 g/mol. The zero-order valence-corrected chi connectivity index (χ0v) is 15.5. The van der Waals surface area contributed by atoms with E-state index in [2.05, 4.69) is 29.7 Å². The third-order valence-corrected chi connectivity index (χ3v) is 4.69. The Morgan fingerprint density at radius 2 is 1.88 bits per heavy atom. The number of hydrogen-bond acceptors (Lipinski definition) is 4. The number of carbonyl (C=O) groups is 2. The van der Waals surface area contributed by atoms with Crippen molar-refractivity contribution in [3.63, 3.8) is 0 Å². The number of nitrogens with zero attached hydrogens (tertiary/aromatic N) is 1. The molecule has 1 aromatic carbocycles. The van der Waals surface area contributed by atoms with Gasteiger partial charge in [0.15, 0.2) is 0 Å². The highest BCUT2D eigenvalue weighted by atomic mass is 32.2. The van der Waals surface area contributed by atoms with E-state index in [9.17, 15) is 9.59 Å². The quantitative estimate of drug-likeness (QED) is 0.832. The first-order chi connectivity index (χ1) is 11.3. The minimum atomic E-state index is -0.469. The van der Waals surface area contributed by atoms with Crippen molar-refractivity contribution in [2.75, 3.05) is 6.54 Å². The lowest BCUT2D eigenvalue weighted by Crippen LogP contribution is -2.42. The zero-order valence-electron chi connectivity index (χ0n) is 14.7. The van der Waals surface area contributed by atoms with Gasteiger partial charge in [-0.1, -0.05) is 23.4 Å². The van der Waals surface area contributed by atoms with E-state index in [0.717, 1.165) is 27.1 Å². The summed E-state index contributed by atoms with van der Waals surface area (Å²) in [7, 11) is 0. The minimum absolute atomic E-state index is 0.328. The van der Waals surface area contributed by atoms with Crippen molar-refractivity contribution in [2.45, 2.75) is 44.9 Å². The molecule has 0 aliphatic carbocycles. The summed E-state index contributed by atoms with van der Waals surface area (Å²) in [6, 6.07) is 5.75. The van der Waals surface area contributed by atoms with Gasteiger partial charge in [-0.25, -0.2) is 9.78 Å². The molecule has 24 heavy (non-hydrogen) atoms. The van der Waals surface area contributed by atoms with Gasteiger partial charge in [0.1, 0.15) is 0 Å². The fourth-order valence-corrected chi connectivity index (χ4v) is 3.44. The van der Waals surface area contributed by atoms with Crippen LogP contribution in [0.3, 0.4) is 0 Å². The van der Waals surface area contributed by atoms with Crippen LogP contribution < -0.4 is 10.6 Å². The van der Waals surface area contributed by atoms with Crippen molar-refractivity contribution in [1.29, 1.82) is 0 Å². The van der Waals surface area contributed by atoms with Crippen LogP contribution >= 0.6 is 11.8 Å². The molecule has 1 atom stereocenters. The molecule has 2 N–H and O–H groups in total. The predicted octanol–water partition coefficient (Wildman–Crippen LogP) is 3.49. The molecular formula is C18H23N3O2S. The number of rotatable bonds is 4. The third kappa shape index (κ3) is 4.26. The van der Waals surface area contributed by atoms with E-state index in [4.69, 9.17) is 4.98 Å². The number of pyridine rings is 1. The number of carbonyl (C=O) groups excluding carboxylic acids is 2. The van der Waals surface area contributed by atoms with E-state index >= 15 is 0 Å². The summed E-state index contributed by atoms with van der Waals surface area (Å²) in [6.07, 6.45) is 0. The Balaban J connectivity index is 2.21. The molecule has 6 heteroatoms. The summed E-state index contributed by atoms with van der Waals surface area (Å²) in [5.74, 6) is -0.328. The highest BCUT2D eigenvalue weighted by Crippen LogP contribution is 2.28. The molecule has 0 aliphatic heterocycles. The van der Waals surface area contributed by atoms with Crippen LogP contribution in [0.5, 0.6) is 0 Å². The van der Waals surface area contributed by atoms with Crippen molar-refractivity contribution in [1.82, 2.24) is 15.6 Å². The Morgan fingerprint density at radius 1 is 1.17 bits per heavy atom. The van der Waals surface area contributed by atoms with Crippen LogP contribution in [0, 0.1) is 20.8 Å². The molecule has 0 radical (unpaired) electrons. The Kier molecular flexibility index (Phi) is 5.83. The summed E-state index contributed by atoms with van der Waals surface area (Å²) in [5, 5.41) is 6.38. The Bertz CT molecular complexity index is 789. The first kappa shape index (κ1) is 18.3.